The smallest absolute Gasteiger partial charge is 0.260 e. The minimum absolute atomic E-state index is 0.0412. The van der Waals surface area contributed by atoms with E-state index < -0.39 is 0 Å². The van der Waals surface area contributed by atoms with Gasteiger partial charge in [-0.05, 0) is 100 Å². The van der Waals surface area contributed by atoms with Gasteiger partial charge in [0.05, 0.1) is 5.69 Å². The Labute approximate surface area is 281 Å². The first-order valence-electron chi connectivity index (χ1n) is 16.7. The zero-order valence-electron chi connectivity index (χ0n) is 27.1. The Morgan fingerprint density at radius 3 is 2.04 bits per heavy atom. The molecule has 0 amide bonds. The van der Waals surface area contributed by atoms with Crippen molar-refractivity contribution < 1.29 is 9.47 Å². The molecule has 0 radical (unpaired) electrons. The van der Waals surface area contributed by atoms with Gasteiger partial charge < -0.3 is 14.4 Å². The van der Waals surface area contributed by atoms with Crippen LogP contribution in [0.2, 0.25) is 0 Å². The first-order chi connectivity index (χ1) is 23.5. The number of aryl methyl sites for hydroxylation is 1. The van der Waals surface area contributed by atoms with Crippen LogP contribution in [0.15, 0.2) is 140 Å². The third-order valence-electron chi connectivity index (χ3n) is 10.6. The molecule has 10 rings (SSSR count). The van der Waals surface area contributed by atoms with Gasteiger partial charge in [-0.1, -0.05) is 104 Å². The molecule has 0 atom stereocenters. The zero-order valence-corrected chi connectivity index (χ0v) is 27.1. The fourth-order valence-electron chi connectivity index (χ4n) is 8.34. The summed E-state index contributed by atoms with van der Waals surface area (Å²) in [5.41, 5.74) is 13.1. The van der Waals surface area contributed by atoms with E-state index in [9.17, 15) is 0 Å². The summed E-state index contributed by atoms with van der Waals surface area (Å²) in [6.07, 6.45) is 0. The third-order valence-corrected chi connectivity index (χ3v) is 10.6. The highest BCUT2D eigenvalue weighted by Crippen LogP contribution is 2.52. The van der Waals surface area contributed by atoms with Gasteiger partial charge in [0.25, 0.3) is 6.71 Å². The highest BCUT2D eigenvalue weighted by atomic mass is 16.5. The summed E-state index contributed by atoms with van der Waals surface area (Å²) in [6.45, 7) is 6.93. The van der Waals surface area contributed by atoms with Gasteiger partial charge >= 0.3 is 0 Å². The molecule has 0 fully saturated rings. The first-order valence-corrected chi connectivity index (χ1v) is 16.7. The number of hydrogen-bond donors (Lipinski definition) is 0. The molecule has 0 unspecified atom stereocenters. The molecule has 7 aromatic rings. The van der Waals surface area contributed by atoms with Crippen LogP contribution in [0.3, 0.4) is 0 Å². The summed E-state index contributed by atoms with van der Waals surface area (Å²) in [5, 5.41) is 2.54. The van der Waals surface area contributed by atoms with Gasteiger partial charge in [-0.2, -0.15) is 0 Å². The van der Waals surface area contributed by atoms with Crippen LogP contribution in [0.4, 0.5) is 17.1 Å². The van der Waals surface area contributed by atoms with E-state index >= 15 is 0 Å². The van der Waals surface area contributed by atoms with Crippen LogP contribution in [0, 0.1) is 6.92 Å². The van der Waals surface area contributed by atoms with Crippen molar-refractivity contribution in [2.24, 2.45) is 0 Å². The Morgan fingerprint density at radius 2 is 1.23 bits per heavy atom. The molecule has 0 saturated heterocycles. The topological polar surface area (TPSA) is 21.7 Å². The number of fused-ring (bicyclic) bond motifs is 6. The molecule has 4 heteroatoms. The molecule has 7 aromatic carbocycles. The standard InChI is InChI=1S/C44H32BNO2/c1-27-19-21-29(22-20-27)46(28-11-5-4-6-12-28)37-24-23-30-32-25-41-36(26-34(32)44(2,3)33-14-9-13-31(37)42(30)33)45-35-15-7-8-16-38(35)47-39-17-10-18-40(48-41)43(39)45/h4-26H,1-3H3. The van der Waals surface area contributed by atoms with Gasteiger partial charge in [0.15, 0.2) is 0 Å². The van der Waals surface area contributed by atoms with Crippen LogP contribution in [-0.4, -0.2) is 6.71 Å². The third kappa shape index (κ3) is 3.77. The van der Waals surface area contributed by atoms with Crippen molar-refractivity contribution in [1.82, 2.24) is 0 Å². The van der Waals surface area contributed by atoms with Gasteiger partial charge in [0, 0.05) is 27.6 Å². The van der Waals surface area contributed by atoms with Crippen LogP contribution in [0.5, 0.6) is 23.0 Å². The minimum Gasteiger partial charge on any atom is -0.458 e. The SMILES string of the molecule is Cc1ccc(N(c2ccccc2)c2ccc3c4c(cccc24)C(C)(C)c2cc4c(cc2-3)Oc2cccc3c2B4c2ccccc2O3)cc1. The normalized spacial score (nSPS) is 14.2. The second kappa shape index (κ2) is 9.89. The van der Waals surface area contributed by atoms with Crippen LogP contribution in [-0.2, 0) is 5.41 Å². The van der Waals surface area contributed by atoms with Crippen molar-refractivity contribution in [2.45, 2.75) is 26.2 Å². The predicted octanol–water partition coefficient (Wildman–Crippen LogP) is 9.65. The lowest BCUT2D eigenvalue weighted by atomic mass is 9.34. The van der Waals surface area contributed by atoms with E-state index in [4.69, 9.17) is 9.47 Å². The van der Waals surface area contributed by atoms with E-state index in [1.165, 1.54) is 55.2 Å². The van der Waals surface area contributed by atoms with Crippen molar-refractivity contribution in [3.8, 4) is 34.1 Å². The Hall–Kier alpha value is -5.74. The molecule has 0 N–H and O–H groups in total. The molecule has 0 saturated carbocycles. The van der Waals surface area contributed by atoms with Crippen molar-refractivity contribution in [1.29, 1.82) is 0 Å². The number of benzene rings is 7. The Kier molecular flexibility index (Phi) is 5.64. The van der Waals surface area contributed by atoms with Gasteiger partial charge in [-0.15, -0.1) is 0 Å². The lowest BCUT2D eigenvalue weighted by Gasteiger charge is -2.39. The lowest BCUT2D eigenvalue weighted by Crippen LogP contribution is -2.57. The molecule has 0 bridgehead atoms. The lowest BCUT2D eigenvalue weighted by molar-refractivity contribution is 0.464. The average Bonchev–Trinajstić information content (AvgIpc) is 3.11. The van der Waals surface area contributed by atoms with Gasteiger partial charge in [0.2, 0.25) is 0 Å². The minimum atomic E-state index is -0.249. The van der Waals surface area contributed by atoms with Gasteiger partial charge in [0.1, 0.15) is 23.0 Å². The molecule has 2 aliphatic heterocycles. The van der Waals surface area contributed by atoms with E-state index in [1.54, 1.807) is 0 Å². The molecule has 1 aliphatic carbocycles. The maximum atomic E-state index is 6.76. The summed E-state index contributed by atoms with van der Waals surface area (Å²) >= 11 is 0. The maximum absolute atomic E-state index is 6.76. The number of nitrogens with zero attached hydrogens (tertiary/aromatic N) is 1. The average molecular weight is 618 g/mol. The molecule has 2 heterocycles. The Balaban J connectivity index is 1.21. The van der Waals surface area contributed by atoms with Crippen molar-refractivity contribution >= 4 is 50.9 Å². The summed E-state index contributed by atoms with van der Waals surface area (Å²) < 4.78 is 13.2. The molecule has 48 heavy (non-hydrogen) atoms. The number of rotatable bonds is 3. The quantitative estimate of drug-likeness (QED) is 0.184. The van der Waals surface area contributed by atoms with Crippen LogP contribution >= 0.6 is 0 Å². The highest BCUT2D eigenvalue weighted by molar-refractivity contribution is 6.98. The largest absolute Gasteiger partial charge is 0.458 e. The second-order valence-corrected chi connectivity index (χ2v) is 13.8. The van der Waals surface area contributed by atoms with E-state index in [-0.39, 0.29) is 12.1 Å². The fraction of sp³-hybridized carbons (Fsp3) is 0.0909. The van der Waals surface area contributed by atoms with Crippen LogP contribution in [0.25, 0.3) is 21.9 Å². The summed E-state index contributed by atoms with van der Waals surface area (Å²) in [7, 11) is 0. The number of ether oxygens (including phenoxy) is 2. The first kappa shape index (κ1) is 27.4. The number of hydrogen-bond acceptors (Lipinski definition) is 3. The number of anilines is 3. The monoisotopic (exact) mass is 617 g/mol. The zero-order chi connectivity index (χ0) is 32.1. The number of para-hydroxylation sites is 2. The van der Waals surface area contributed by atoms with E-state index in [2.05, 4.69) is 153 Å². The molecule has 0 spiro atoms. The summed E-state index contributed by atoms with van der Waals surface area (Å²) in [5.74, 6) is 3.57. The van der Waals surface area contributed by atoms with E-state index in [1.807, 2.05) is 12.1 Å². The molecule has 228 valence electrons. The van der Waals surface area contributed by atoms with Crippen molar-refractivity contribution in [3.05, 3.63) is 156 Å². The summed E-state index contributed by atoms with van der Waals surface area (Å²) in [6, 6.07) is 50.3. The van der Waals surface area contributed by atoms with Crippen LogP contribution in [0.1, 0.15) is 30.5 Å². The predicted molar refractivity (Wildman–Crippen MR) is 199 cm³/mol. The van der Waals surface area contributed by atoms with E-state index in [0.717, 1.165) is 39.8 Å². The van der Waals surface area contributed by atoms with Crippen molar-refractivity contribution in [3.63, 3.8) is 0 Å². The Morgan fingerprint density at radius 1 is 0.542 bits per heavy atom. The maximum Gasteiger partial charge on any atom is 0.260 e. The fourth-order valence-corrected chi connectivity index (χ4v) is 8.34. The molecule has 3 nitrogen and oxygen atoms in total. The van der Waals surface area contributed by atoms with Crippen molar-refractivity contribution in [2.75, 3.05) is 4.90 Å². The van der Waals surface area contributed by atoms with E-state index in [0.29, 0.717) is 0 Å². The van der Waals surface area contributed by atoms with Crippen LogP contribution < -0.4 is 30.8 Å². The molecule has 0 aromatic heterocycles. The highest BCUT2D eigenvalue weighted by Gasteiger charge is 2.43. The molecular formula is C44H32BNO2. The molecular weight excluding hydrogens is 585 g/mol. The van der Waals surface area contributed by atoms with Gasteiger partial charge in [-0.25, -0.2) is 0 Å². The Bertz CT molecular complexity index is 2450. The second-order valence-electron chi connectivity index (χ2n) is 13.8. The summed E-state index contributed by atoms with van der Waals surface area (Å²) in [4.78, 5) is 2.39. The molecule has 3 aliphatic rings. The van der Waals surface area contributed by atoms with Gasteiger partial charge in [-0.3, -0.25) is 0 Å².